The Morgan fingerprint density at radius 1 is 0.756 bits per heavy atom. The number of hydrogen-bond donors (Lipinski definition) is 0. The van der Waals surface area contributed by atoms with Crippen molar-refractivity contribution >= 4 is 47.1 Å². The van der Waals surface area contributed by atoms with Crippen LogP contribution in [0.1, 0.15) is 47.5 Å². The van der Waals surface area contributed by atoms with E-state index >= 15 is 0 Å². The van der Waals surface area contributed by atoms with E-state index in [1.54, 1.807) is 0 Å². The number of aryl methyl sites for hydroxylation is 4. The Labute approximate surface area is 274 Å². The van der Waals surface area contributed by atoms with Gasteiger partial charge in [0, 0.05) is 0 Å². The van der Waals surface area contributed by atoms with E-state index in [-0.39, 0.29) is 17.1 Å². The molecule has 0 N–H and O–H groups in total. The molecule has 0 fully saturated rings. The predicted molar refractivity (Wildman–Crippen MR) is 153 cm³/mol. The van der Waals surface area contributed by atoms with Gasteiger partial charge >= 0.3 is 29.8 Å². The van der Waals surface area contributed by atoms with Crippen LogP contribution < -0.4 is 0 Å². The van der Waals surface area contributed by atoms with Crippen LogP contribution in [0, 0.1) is 27.7 Å². The summed E-state index contributed by atoms with van der Waals surface area (Å²) in [5.41, 5.74) is 10.3. The first kappa shape index (κ1) is 42.3. The summed E-state index contributed by atoms with van der Waals surface area (Å²) < 4.78 is 87.9. The molecule has 0 aliphatic rings. The molecule has 248 valence electrons. The fourth-order valence-corrected chi connectivity index (χ4v) is 3.56. The number of aliphatic imine (C=N–C) groups is 2. The Morgan fingerprint density at radius 3 is 1.36 bits per heavy atom. The molecule has 1 unspecified atom stereocenters. The summed E-state index contributed by atoms with van der Waals surface area (Å²) in [5, 5.41) is 2.89. The van der Waals surface area contributed by atoms with Crippen LogP contribution in [-0.4, -0.2) is 37.9 Å². The van der Waals surface area contributed by atoms with E-state index in [1.165, 1.54) is 22.3 Å². The summed E-state index contributed by atoms with van der Waals surface area (Å²) in [5.74, 6) is 0. The number of pyridine rings is 1. The first-order valence-electron chi connectivity index (χ1n) is 12.1. The number of alkyl halides is 6. The second kappa shape index (κ2) is 19.8. The van der Waals surface area contributed by atoms with Crippen molar-refractivity contribution in [2.75, 3.05) is 0 Å². The van der Waals surface area contributed by atoms with Crippen molar-refractivity contribution in [3.63, 3.8) is 0 Å². The molecule has 9 nitrogen and oxygen atoms in total. The zero-order valence-corrected chi connectivity index (χ0v) is 27.2. The van der Waals surface area contributed by atoms with Crippen LogP contribution >= 0.6 is 0 Å². The van der Waals surface area contributed by atoms with Crippen LogP contribution in [-0.2, 0) is 59.8 Å². The fourth-order valence-electron chi connectivity index (χ4n) is 3.38. The average molecular weight is 723 g/mol. The summed E-state index contributed by atoms with van der Waals surface area (Å²) in [7, 11) is 0. The second-order valence-corrected chi connectivity index (χ2v) is 9.39. The minimum absolute atomic E-state index is 0. The SMILES string of the molecule is CC(=Nc1c(C)cccc1C)c1cccc(C(C)=Nc2c(C)cccc2C)n1.FC(F)(F)OOO[S-].O=S([O-])OC(F)(F)F.[Fe+2]. The van der Waals surface area contributed by atoms with Gasteiger partial charge in [0.25, 0.3) is 0 Å². The largest absolute Gasteiger partial charge is 2.00 e. The van der Waals surface area contributed by atoms with Crippen molar-refractivity contribution in [1.29, 1.82) is 0 Å². The Morgan fingerprint density at radius 2 is 1.11 bits per heavy atom. The molecule has 0 saturated heterocycles. The predicted octanol–water partition coefficient (Wildman–Crippen LogP) is 7.76. The zero-order chi connectivity index (χ0) is 33.7. The maximum Gasteiger partial charge on any atom is 2.00 e. The normalized spacial score (nSPS) is 12.7. The average Bonchev–Trinajstić information content (AvgIpc) is 2.90. The number of hydrogen-bond acceptors (Lipinski definition) is 10. The van der Waals surface area contributed by atoms with Gasteiger partial charge in [0.2, 0.25) is 0 Å². The number of halogens is 6. The van der Waals surface area contributed by atoms with Gasteiger partial charge in [0.15, 0.2) is 0 Å². The van der Waals surface area contributed by atoms with Crippen LogP contribution in [0.5, 0.6) is 0 Å². The third-order valence-electron chi connectivity index (χ3n) is 5.25. The summed E-state index contributed by atoms with van der Waals surface area (Å²) in [6, 6.07) is 18.5. The van der Waals surface area contributed by atoms with Gasteiger partial charge in [-0.3, -0.25) is 9.98 Å². The molecular formula is C27H27F6FeN3O6S2. The Hall–Kier alpha value is -2.67. The van der Waals surface area contributed by atoms with Crippen molar-refractivity contribution in [2.24, 2.45) is 9.98 Å². The molecular weight excluding hydrogens is 696 g/mol. The van der Waals surface area contributed by atoms with Crippen LogP contribution in [0.2, 0.25) is 0 Å². The Balaban J connectivity index is 0.000000943. The fraction of sp³-hybridized carbons (Fsp3) is 0.296. The van der Waals surface area contributed by atoms with Crippen molar-refractivity contribution in [2.45, 2.75) is 54.3 Å². The maximum absolute atomic E-state index is 10.8. The molecule has 0 radical (unpaired) electrons. The van der Waals surface area contributed by atoms with Crippen molar-refractivity contribution < 1.29 is 70.6 Å². The maximum atomic E-state index is 10.8. The Kier molecular flexibility index (Phi) is 18.6. The van der Waals surface area contributed by atoms with E-state index in [4.69, 9.17) is 23.7 Å². The van der Waals surface area contributed by atoms with E-state index in [9.17, 15) is 26.3 Å². The standard InChI is InChI=1S/C25H27N3.2CHF3O3S.Fe/c1-16-10-7-11-17(2)24(16)26-20(5)22-14-9-15-23(28-22)21(6)27-25-18(3)12-8-13-19(25)4;2-1(3,4)7-8(5)6;2-1(3,4)5-6-7-8;/h7-15H,1-6H3;(H,5,6);8H;/q;;;+2/p-2. The van der Waals surface area contributed by atoms with Gasteiger partial charge in [-0.2, -0.15) is 0 Å². The third-order valence-corrected chi connectivity index (χ3v) is 5.63. The molecule has 0 bridgehead atoms. The molecule has 1 heterocycles. The van der Waals surface area contributed by atoms with Gasteiger partial charge in [-0.1, -0.05) is 47.5 Å². The first-order valence-corrected chi connectivity index (χ1v) is 13.4. The molecule has 18 heteroatoms. The summed E-state index contributed by atoms with van der Waals surface area (Å²) >= 11 is -0.0372. The molecule has 1 atom stereocenters. The summed E-state index contributed by atoms with van der Waals surface area (Å²) in [6.07, 6.45) is -9.95. The van der Waals surface area contributed by atoms with Crippen LogP contribution in [0.3, 0.4) is 0 Å². The summed E-state index contributed by atoms with van der Waals surface area (Å²) in [4.78, 5) is 17.1. The molecule has 0 aliphatic heterocycles. The number of nitrogens with zero attached hydrogens (tertiary/aromatic N) is 3. The topological polar surface area (TPSA) is 115 Å². The van der Waals surface area contributed by atoms with E-state index < -0.39 is 24.1 Å². The van der Waals surface area contributed by atoms with Gasteiger partial charge in [-0.05, 0) is 75.9 Å². The van der Waals surface area contributed by atoms with E-state index in [1.807, 2.05) is 32.0 Å². The van der Waals surface area contributed by atoms with Crippen LogP contribution in [0.15, 0.2) is 64.6 Å². The van der Waals surface area contributed by atoms with Gasteiger partial charge in [-0.15, -0.1) is 31.2 Å². The molecule has 3 aromatic rings. The Bertz CT molecular complexity index is 1350. The smallest absolute Gasteiger partial charge is 0.750 e. The van der Waals surface area contributed by atoms with Gasteiger partial charge in [0.05, 0.1) is 45.5 Å². The first-order chi connectivity index (χ1) is 20.3. The molecule has 0 aliphatic carbocycles. The molecule has 1 aromatic heterocycles. The van der Waals surface area contributed by atoms with E-state index in [0.717, 1.165) is 34.2 Å². The summed E-state index contributed by atoms with van der Waals surface area (Å²) in [6.45, 7) is 12.4. The van der Waals surface area contributed by atoms with Crippen molar-refractivity contribution in [3.8, 4) is 0 Å². The monoisotopic (exact) mass is 723 g/mol. The molecule has 45 heavy (non-hydrogen) atoms. The van der Waals surface area contributed by atoms with E-state index in [0.29, 0.717) is 0 Å². The van der Waals surface area contributed by atoms with Gasteiger partial charge in [0.1, 0.15) is 0 Å². The van der Waals surface area contributed by atoms with Crippen LogP contribution in [0.4, 0.5) is 37.7 Å². The van der Waals surface area contributed by atoms with Crippen molar-refractivity contribution in [3.05, 3.63) is 88.2 Å². The number of para-hydroxylation sites is 2. The number of benzene rings is 2. The van der Waals surface area contributed by atoms with Crippen molar-refractivity contribution in [1.82, 2.24) is 4.98 Å². The minimum Gasteiger partial charge on any atom is -0.750 e. The van der Waals surface area contributed by atoms with Crippen LogP contribution in [0.25, 0.3) is 0 Å². The third kappa shape index (κ3) is 17.0. The molecule has 0 saturated carbocycles. The van der Waals surface area contributed by atoms with Gasteiger partial charge < -0.3 is 21.8 Å². The number of aromatic nitrogens is 1. The van der Waals surface area contributed by atoms with E-state index in [2.05, 4.69) is 95.4 Å². The molecule has 2 aromatic carbocycles. The van der Waals surface area contributed by atoms with Gasteiger partial charge in [-0.25, -0.2) is 13.4 Å². The molecule has 3 rings (SSSR count). The minimum atomic E-state index is -5.09. The zero-order valence-electron chi connectivity index (χ0n) is 24.4. The molecule has 0 amide bonds. The second-order valence-electron chi connectivity index (χ2n) is 8.68. The quantitative estimate of drug-likeness (QED) is 0.0463. The number of rotatable bonds is 7. The molecule has 0 spiro atoms.